The van der Waals surface area contributed by atoms with E-state index in [0.29, 0.717) is 12.0 Å². The van der Waals surface area contributed by atoms with Crippen molar-refractivity contribution >= 4 is 39.0 Å². The topological polar surface area (TPSA) is 76.1 Å². The third kappa shape index (κ3) is 3.91. The maximum absolute atomic E-state index is 5.39. The van der Waals surface area contributed by atoms with E-state index in [2.05, 4.69) is 31.5 Å². The van der Waals surface area contributed by atoms with Gasteiger partial charge in [-0.15, -0.1) is 10.2 Å². The van der Waals surface area contributed by atoms with E-state index in [9.17, 15) is 0 Å². The van der Waals surface area contributed by atoms with Crippen LogP contribution < -0.4 is 10.2 Å². The van der Waals surface area contributed by atoms with Crippen LogP contribution in [-0.2, 0) is 4.74 Å². The summed E-state index contributed by atoms with van der Waals surface area (Å²) in [4.78, 5) is 11.8. The molecule has 0 radical (unpaired) electrons. The standard InChI is InChI=1S/C21H26N6OS/c1-28-13-15-7-4-10-27(15)16-11-18-17(22-12-16)8-9-19(23-18)24-21-26-25-20(29-21)14-5-2-3-6-14/h8-9,11-12,14-15H,2-7,10,13H2,1H3,(H,23,24,26)/t15-/m1/s1. The average Bonchev–Trinajstić information content (AvgIpc) is 3.49. The second-order valence-corrected chi connectivity index (χ2v) is 8.93. The molecule has 2 fully saturated rings. The molecule has 0 spiro atoms. The molecule has 7 nitrogen and oxygen atoms in total. The molecule has 29 heavy (non-hydrogen) atoms. The van der Waals surface area contributed by atoms with Gasteiger partial charge in [0.15, 0.2) is 0 Å². The summed E-state index contributed by atoms with van der Waals surface area (Å²) < 4.78 is 5.39. The normalized spacial score (nSPS) is 20.0. The average molecular weight is 411 g/mol. The summed E-state index contributed by atoms with van der Waals surface area (Å²) in [5.74, 6) is 1.36. The summed E-state index contributed by atoms with van der Waals surface area (Å²) in [6.45, 7) is 1.78. The highest BCUT2D eigenvalue weighted by Crippen LogP contribution is 2.37. The van der Waals surface area contributed by atoms with Gasteiger partial charge in [-0.3, -0.25) is 4.98 Å². The van der Waals surface area contributed by atoms with E-state index in [0.717, 1.165) is 52.3 Å². The van der Waals surface area contributed by atoms with Gasteiger partial charge in [-0.25, -0.2) is 4.98 Å². The second-order valence-electron chi connectivity index (χ2n) is 7.92. The highest BCUT2D eigenvalue weighted by Gasteiger charge is 2.25. The number of nitrogens with zero attached hydrogens (tertiary/aromatic N) is 5. The van der Waals surface area contributed by atoms with Crippen molar-refractivity contribution in [1.82, 2.24) is 20.2 Å². The number of anilines is 3. The van der Waals surface area contributed by atoms with E-state index in [4.69, 9.17) is 9.72 Å². The fourth-order valence-corrected chi connectivity index (χ4v) is 5.42. The summed E-state index contributed by atoms with van der Waals surface area (Å²) >= 11 is 1.65. The van der Waals surface area contributed by atoms with Gasteiger partial charge in [-0.2, -0.15) is 0 Å². The van der Waals surface area contributed by atoms with Crippen LogP contribution >= 0.6 is 11.3 Å². The lowest BCUT2D eigenvalue weighted by molar-refractivity contribution is 0.181. The van der Waals surface area contributed by atoms with Gasteiger partial charge in [0.05, 0.1) is 35.6 Å². The molecule has 0 bridgehead atoms. The van der Waals surface area contributed by atoms with E-state index in [1.165, 1.54) is 32.1 Å². The number of nitrogens with one attached hydrogen (secondary N) is 1. The van der Waals surface area contributed by atoms with Gasteiger partial charge in [-0.1, -0.05) is 24.2 Å². The van der Waals surface area contributed by atoms with Crippen LogP contribution in [0.4, 0.5) is 16.6 Å². The Morgan fingerprint density at radius 1 is 1.14 bits per heavy atom. The fraction of sp³-hybridized carbons (Fsp3) is 0.524. The summed E-state index contributed by atoms with van der Waals surface area (Å²) in [6, 6.07) is 6.50. The molecule has 1 aliphatic carbocycles. The minimum atomic E-state index is 0.413. The molecular formula is C21H26N6OS. The molecule has 0 unspecified atom stereocenters. The lowest BCUT2D eigenvalue weighted by Gasteiger charge is -2.26. The van der Waals surface area contributed by atoms with Crippen molar-refractivity contribution in [3.8, 4) is 0 Å². The first-order chi connectivity index (χ1) is 14.3. The number of fused-ring (bicyclic) bond motifs is 1. The molecule has 1 aliphatic heterocycles. The Labute approximate surface area is 174 Å². The smallest absolute Gasteiger partial charge is 0.211 e. The predicted molar refractivity (Wildman–Crippen MR) is 116 cm³/mol. The van der Waals surface area contributed by atoms with Crippen molar-refractivity contribution < 1.29 is 4.74 Å². The first-order valence-electron chi connectivity index (χ1n) is 10.4. The van der Waals surface area contributed by atoms with Crippen LogP contribution in [-0.4, -0.2) is 46.5 Å². The number of ether oxygens (including phenoxy) is 1. The maximum atomic E-state index is 5.39. The Hall–Kier alpha value is -2.32. The number of hydrogen-bond donors (Lipinski definition) is 1. The van der Waals surface area contributed by atoms with Crippen LogP contribution in [0.3, 0.4) is 0 Å². The number of rotatable bonds is 6. The number of hydrogen-bond acceptors (Lipinski definition) is 8. The van der Waals surface area contributed by atoms with Gasteiger partial charge in [0.25, 0.3) is 0 Å². The van der Waals surface area contributed by atoms with Crippen LogP contribution in [0.15, 0.2) is 24.4 Å². The summed E-state index contributed by atoms with van der Waals surface area (Å²) in [7, 11) is 1.76. The SMILES string of the molecule is COC[C@H]1CCCN1c1cnc2ccc(Nc3nnc(C4CCCC4)s3)nc2c1. The summed E-state index contributed by atoms with van der Waals surface area (Å²) in [5, 5.41) is 14.0. The van der Waals surface area contributed by atoms with Gasteiger partial charge in [0, 0.05) is 19.6 Å². The lowest BCUT2D eigenvalue weighted by atomic mass is 10.1. The number of pyridine rings is 2. The molecule has 5 rings (SSSR count). The highest BCUT2D eigenvalue weighted by atomic mass is 32.1. The molecule has 152 valence electrons. The van der Waals surface area contributed by atoms with E-state index in [1.54, 1.807) is 18.4 Å². The molecule has 0 aromatic carbocycles. The Balaban J connectivity index is 1.36. The molecule has 1 saturated heterocycles. The lowest BCUT2D eigenvalue weighted by Crippen LogP contribution is -2.32. The second kappa shape index (κ2) is 8.20. The van der Waals surface area contributed by atoms with Crippen LogP contribution in [0.1, 0.15) is 49.5 Å². The van der Waals surface area contributed by atoms with Gasteiger partial charge >= 0.3 is 0 Å². The third-order valence-corrected chi connectivity index (χ3v) is 6.97. The van der Waals surface area contributed by atoms with Crippen molar-refractivity contribution in [3.63, 3.8) is 0 Å². The Morgan fingerprint density at radius 3 is 2.90 bits per heavy atom. The zero-order valence-electron chi connectivity index (χ0n) is 16.7. The van der Waals surface area contributed by atoms with Crippen LogP contribution in [0.5, 0.6) is 0 Å². The number of aromatic nitrogens is 4. The van der Waals surface area contributed by atoms with E-state index in [1.807, 2.05) is 18.3 Å². The number of methoxy groups -OCH3 is 1. The molecule has 1 saturated carbocycles. The maximum Gasteiger partial charge on any atom is 0.211 e. The largest absolute Gasteiger partial charge is 0.383 e. The monoisotopic (exact) mass is 410 g/mol. The predicted octanol–water partition coefficient (Wildman–Crippen LogP) is 4.50. The molecule has 1 N–H and O–H groups in total. The Morgan fingerprint density at radius 2 is 2.03 bits per heavy atom. The molecular weight excluding hydrogens is 384 g/mol. The molecule has 3 aromatic heterocycles. The van der Waals surface area contributed by atoms with Crippen molar-refractivity contribution in [2.75, 3.05) is 30.5 Å². The summed E-state index contributed by atoms with van der Waals surface area (Å²) in [6.07, 6.45) is 9.36. The minimum Gasteiger partial charge on any atom is -0.383 e. The van der Waals surface area contributed by atoms with Gasteiger partial charge in [-0.05, 0) is 43.9 Å². The van der Waals surface area contributed by atoms with Crippen LogP contribution in [0.2, 0.25) is 0 Å². The van der Waals surface area contributed by atoms with Crippen LogP contribution in [0.25, 0.3) is 11.0 Å². The minimum absolute atomic E-state index is 0.413. The van der Waals surface area contributed by atoms with Gasteiger partial charge in [0.1, 0.15) is 10.8 Å². The van der Waals surface area contributed by atoms with Crippen molar-refractivity contribution in [1.29, 1.82) is 0 Å². The molecule has 2 aliphatic rings. The molecule has 0 amide bonds. The van der Waals surface area contributed by atoms with Gasteiger partial charge in [0.2, 0.25) is 5.13 Å². The highest BCUT2D eigenvalue weighted by molar-refractivity contribution is 7.15. The van der Waals surface area contributed by atoms with E-state index in [-0.39, 0.29) is 0 Å². The molecule has 8 heteroatoms. The summed E-state index contributed by atoms with van der Waals surface area (Å²) in [5.41, 5.74) is 2.89. The first-order valence-corrected chi connectivity index (χ1v) is 11.2. The molecule has 4 heterocycles. The molecule has 3 aromatic rings. The van der Waals surface area contributed by atoms with Crippen molar-refractivity contribution in [3.05, 3.63) is 29.4 Å². The third-order valence-electron chi connectivity index (χ3n) is 5.97. The van der Waals surface area contributed by atoms with E-state index < -0.39 is 0 Å². The molecule has 1 atom stereocenters. The quantitative estimate of drug-likeness (QED) is 0.641. The van der Waals surface area contributed by atoms with Crippen LogP contribution in [0, 0.1) is 0 Å². The first kappa shape index (κ1) is 18.7. The Bertz CT molecular complexity index is 986. The van der Waals surface area contributed by atoms with Crippen molar-refractivity contribution in [2.45, 2.75) is 50.5 Å². The fourth-order valence-electron chi connectivity index (χ4n) is 4.50. The van der Waals surface area contributed by atoms with Crippen molar-refractivity contribution in [2.24, 2.45) is 0 Å². The zero-order valence-corrected chi connectivity index (χ0v) is 17.5. The Kier molecular flexibility index (Phi) is 5.28. The zero-order chi connectivity index (χ0) is 19.6. The van der Waals surface area contributed by atoms with Gasteiger partial charge < -0.3 is 15.0 Å². The van der Waals surface area contributed by atoms with E-state index >= 15 is 0 Å².